The number of rotatable bonds is 4. The molecule has 5 heteroatoms. The van der Waals surface area contributed by atoms with Crippen molar-refractivity contribution >= 4 is 34.0 Å². The molecule has 1 aliphatic carbocycles. The summed E-state index contributed by atoms with van der Waals surface area (Å²) in [5.41, 5.74) is 0.816. The Labute approximate surface area is 97.9 Å². The fourth-order valence-electron chi connectivity index (χ4n) is 1.46. The van der Waals surface area contributed by atoms with Gasteiger partial charge in [0.1, 0.15) is 0 Å². The lowest BCUT2D eigenvalue weighted by molar-refractivity contribution is -0.119. The van der Waals surface area contributed by atoms with Crippen LogP contribution >= 0.6 is 22.9 Å². The monoisotopic (exact) mass is 244 g/mol. The van der Waals surface area contributed by atoms with Crippen LogP contribution in [0.25, 0.3) is 0 Å². The molecule has 1 unspecified atom stereocenters. The van der Waals surface area contributed by atoms with Gasteiger partial charge in [0.25, 0.3) is 0 Å². The molecule has 1 amide bonds. The van der Waals surface area contributed by atoms with Crippen LogP contribution in [0.15, 0.2) is 5.38 Å². The number of aromatic nitrogens is 1. The van der Waals surface area contributed by atoms with Crippen LogP contribution in [0.5, 0.6) is 0 Å². The Kier molecular flexibility index (Phi) is 3.26. The number of carbonyl (C=O) groups is 1. The van der Waals surface area contributed by atoms with Gasteiger partial charge in [-0.25, -0.2) is 4.98 Å². The predicted octanol–water partition coefficient (Wildman–Crippen LogP) is 2.87. The smallest absolute Gasteiger partial charge is 0.229 e. The standard InChI is InChI=1S/C10H13ClN2OS/c1-6(7-2-3-7)9(14)13-10-12-8(4-11)5-15-10/h5-7H,2-4H2,1H3,(H,12,13,14). The molecule has 1 N–H and O–H groups in total. The first kappa shape index (κ1) is 10.9. The van der Waals surface area contributed by atoms with Crippen molar-refractivity contribution in [2.75, 3.05) is 5.32 Å². The van der Waals surface area contributed by atoms with Crippen LogP contribution < -0.4 is 5.32 Å². The van der Waals surface area contributed by atoms with Crippen molar-refractivity contribution in [3.8, 4) is 0 Å². The van der Waals surface area contributed by atoms with E-state index in [0.717, 1.165) is 5.69 Å². The topological polar surface area (TPSA) is 42.0 Å². The highest BCUT2D eigenvalue weighted by Crippen LogP contribution is 2.37. The summed E-state index contributed by atoms with van der Waals surface area (Å²) in [5.74, 6) is 1.16. The first-order valence-corrected chi connectivity index (χ1v) is 6.43. The predicted molar refractivity (Wildman–Crippen MR) is 62.2 cm³/mol. The number of amides is 1. The fourth-order valence-corrected chi connectivity index (χ4v) is 2.40. The Hall–Kier alpha value is -0.610. The molecular formula is C10H13ClN2OS. The molecule has 15 heavy (non-hydrogen) atoms. The normalized spacial score (nSPS) is 17.5. The highest BCUT2D eigenvalue weighted by Gasteiger charge is 2.32. The average Bonchev–Trinajstić information content (AvgIpc) is 2.98. The highest BCUT2D eigenvalue weighted by molar-refractivity contribution is 7.13. The number of nitrogens with one attached hydrogen (secondary N) is 1. The van der Waals surface area contributed by atoms with E-state index in [1.807, 2.05) is 12.3 Å². The highest BCUT2D eigenvalue weighted by atomic mass is 35.5. The van der Waals surface area contributed by atoms with Crippen LogP contribution in [0.3, 0.4) is 0 Å². The maximum Gasteiger partial charge on any atom is 0.229 e. The molecule has 0 saturated heterocycles. The number of hydrogen-bond donors (Lipinski definition) is 1. The number of alkyl halides is 1. The van der Waals surface area contributed by atoms with E-state index in [-0.39, 0.29) is 11.8 Å². The van der Waals surface area contributed by atoms with E-state index in [4.69, 9.17) is 11.6 Å². The van der Waals surface area contributed by atoms with Crippen molar-refractivity contribution < 1.29 is 4.79 Å². The van der Waals surface area contributed by atoms with Crippen LogP contribution in [0, 0.1) is 11.8 Å². The summed E-state index contributed by atoms with van der Waals surface area (Å²) in [6, 6.07) is 0. The Morgan fingerprint density at radius 1 is 1.80 bits per heavy atom. The lowest BCUT2D eigenvalue weighted by Gasteiger charge is -2.08. The minimum atomic E-state index is 0.0768. The van der Waals surface area contributed by atoms with Crippen molar-refractivity contribution in [2.45, 2.75) is 25.6 Å². The van der Waals surface area contributed by atoms with E-state index in [9.17, 15) is 4.79 Å². The van der Waals surface area contributed by atoms with Crippen molar-refractivity contribution in [2.24, 2.45) is 11.8 Å². The van der Waals surface area contributed by atoms with Crippen molar-refractivity contribution in [3.05, 3.63) is 11.1 Å². The molecule has 0 aromatic carbocycles. The minimum absolute atomic E-state index is 0.0768. The third-order valence-electron chi connectivity index (χ3n) is 2.66. The van der Waals surface area contributed by atoms with Crippen LogP contribution in [0.2, 0.25) is 0 Å². The first-order valence-electron chi connectivity index (χ1n) is 5.02. The summed E-state index contributed by atoms with van der Waals surface area (Å²) in [7, 11) is 0. The number of hydrogen-bond acceptors (Lipinski definition) is 3. The molecule has 82 valence electrons. The molecule has 1 fully saturated rings. The van der Waals surface area contributed by atoms with Crippen molar-refractivity contribution in [3.63, 3.8) is 0 Å². The summed E-state index contributed by atoms with van der Waals surface area (Å²) in [4.78, 5) is 15.9. The Morgan fingerprint density at radius 2 is 2.53 bits per heavy atom. The lowest BCUT2D eigenvalue weighted by Crippen LogP contribution is -2.21. The molecule has 0 radical (unpaired) electrons. The van der Waals surface area contributed by atoms with Gasteiger partial charge >= 0.3 is 0 Å². The van der Waals surface area contributed by atoms with Gasteiger partial charge in [0.15, 0.2) is 5.13 Å². The van der Waals surface area contributed by atoms with Crippen LogP contribution in [0.1, 0.15) is 25.5 Å². The molecule has 2 rings (SSSR count). The van der Waals surface area contributed by atoms with Crippen LogP contribution in [-0.4, -0.2) is 10.9 Å². The number of carbonyl (C=O) groups excluding carboxylic acids is 1. The molecule has 3 nitrogen and oxygen atoms in total. The summed E-state index contributed by atoms with van der Waals surface area (Å²) >= 11 is 7.06. The van der Waals surface area contributed by atoms with Gasteiger partial charge in [-0.2, -0.15) is 0 Å². The summed E-state index contributed by atoms with van der Waals surface area (Å²) in [5, 5.41) is 5.35. The second-order valence-corrected chi connectivity index (χ2v) is 5.02. The van der Waals surface area contributed by atoms with E-state index >= 15 is 0 Å². The quantitative estimate of drug-likeness (QED) is 0.828. The van der Waals surface area contributed by atoms with Gasteiger partial charge in [0, 0.05) is 11.3 Å². The molecule has 1 heterocycles. The van der Waals surface area contributed by atoms with Crippen LogP contribution in [0.4, 0.5) is 5.13 Å². The van der Waals surface area contributed by atoms with E-state index in [0.29, 0.717) is 16.9 Å². The molecule has 1 aliphatic rings. The molecule has 1 atom stereocenters. The SMILES string of the molecule is CC(C(=O)Nc1nc(CCl)cs1)C1CC1. The zero-order valence-electron chi connectivity index (χ0n) is 8.50. The van der Waals surface area contributed by atoms with Gasteiger partial charge in [-0.3, -0.25) is 4.79 Å². The second kappa shape index (κ2) is 4.49. The summed E-state index contributed by atoms with van der Waals surface area (Å²) in [6.45, 7) is 1.98. The minimum Gasteiger partial charge on any atom is -0.302 e. The fraction of sp³-hybridized carbons (Fsp3) is 0.600. The Morgan fingerprint density at radius 3 is 3.07 bits per heavy atom. The second-order valence-electron chi connectivity index (χ2n) is 3.89. The zero-order valence-corrected chi connectivity index (χ0v) is 10.1. The van der Waals surface area contributed by atoms with Gasteiger partial charge in [-0.1, -0.05) is 6.92 Å². The number of halogens is 1. The molecule has 1 aromatic heterocycles. The van der Waals surface area contributed by atoms with E-state index in [1.54, 1.807) is 0 Å². The zero-order chi connectivity index (χ0) is 10.8. The summed E-state index contributed by atoms with van der Waals surface area (Å²) in [6.07, 6.45) is 2.36. The molecular weight excluding hydrogens is 232 g/mol. The molecule has 1 saturated carbocycles. The molecule has 0 spiro atoms. The van der Waals surface area contributed by atoms with Crippen LogP contribution in [-0.2, 0) is 10.7 Å². The third kappa shape index (κ3) is 2.69. The van der Waals surface area contributed by atoms with E-state index < -0.39 is 0 Å². The third-order valence-corrected chi connectivity index (χ3v) is 3.74. The summed E-state index contributed by atoms with van der Waals surface area (Å²) < 4.78 is 0. The van der Waals surface area contributed by atoms with E-state index in [1.165, 1.54) is 24.2 Å². The number of nitrogens with zero attached hydrogens (tertiary/aromatic N) is 1. The molecule has 1 aromatic rings. The van der Waals surface area contributed by atoms with Crippen molar-refractivity contribution in [1.82, 2.24) is 4.98 Å². The van der Waals surface area contributed by atoms with Gasteiger partial charge in [-0.05, 0) is 18.8 Å². The van der Waals surface area contributed by atoms with E-state index in [2.05, 4.69) is 10.3 Å². The maximum absolute atomic E-state index is 11.7. The average molecular weight is 245 g/mol. The van der Waals surface area contributed by atoms with Gasteiger partial charge in [0.2, 0.25) is 5.91 Å². The molecule has 0 bridgehead atoms. The van der Waals surface area contributed by atoms with Crippen molar-refractivity contribution in [1.29, 1.82) is 0 Å². The lowest BCUT2D eigenvalue weighted by atomic mass is 10.1. The number of anilines is 1. The molecule has 0 aliphatic heterocycles. The first-order chi connectivity index (χ1) is 7.20. The van der Waals surface area contributed by atoms with Gasteiger partial charge in [-0.15, -0.1) is 22.9 Å². The van der Waals surface area contributed by atoms with Gasteiger partial charge in [0.05, 0.1) is 11.6 Å². The Bertz CT molecular complexity index is 362. The Balaban J connectivity index is 1.92. The van der Waals surface area contributed by atoms with Gasteiger partial charge < -0.3 is 5.32 Å². The largest absolute Gasteiger partial charge is 0.302 e. The number of thiazole rings is 1. The maximum atomic E-state index is 11.7.